The molecule has 1 saturated heterocycles. The first kappa shape index (κ1) is 26.1. The number of amides is 1. The van der Waals surface area contributed by atoms with Crippen molar-refractivity contribution in [2.75, 3.05) is 11.9 Å². The highest BCUT2D eigenvalue weighted by molar-refractivity contribution is 7.89. The fraction of sp³-hybridized carbons (Fsp3) is 0.571. The molecule has 1 aliphatic heterocycles. The topological polar surface area (TPSA) is 109 Å². The molecule has 3 aliphatic rings. The number of nitrogens with one attached hydrogen (secondary N) is 3. The molecule has 1 atom stereocenters. The van der Waals surface area contributed by atoms with Gasteiger partial charge in [0.15, 0.2) is 0 Å². The average molecular weight is 527 g/mol. The summed E-state index contributed by atoms with van der Waals surface area (Å²) in [5, 5.41) is 6.32. The molecule has 3 N–H and O–H groups in total. The minimum atomic E-state index is -3.83. The van der Waals surface area contributed by atoms with E-state index in [-0.39, 0.29) is 16.8 Å². The van der Waals surface area contributed by atoms with Gasteiger partial charge in [0.2, 0.25) is 15.9 Å². The Labute approximate surface area is 220 Å². The standard InChI is InChI=1S/C28H38N4O4S/c1-19-9-10-23(37(34,35)32-24-11-12-25(33)31-27(24,2)3)26(29-19)30-22-15-28(16-22)13-21(14-28)18-36-17-20-7-5-4-6-8-20/h4-10,21-22,24,32H,11-18H2,1-3H3,(H,29,30)(H,31,33). The van der Waals surface area contributed by atoms with Crippen LogP contribution in [0.15, 0.2) is 47.4 Å². The normalized spacial score (nSPS) is 28.7. The van der Waals surface area contributed by atoms with Crippen LogP contribution in [0.1, 0.15) is 63.6 Å². The van der Waals surface area contributed by atoms with Crippen molar-refractivity contribution < 1.29 is 17.9 Å². The lowest BCUT2D eigenvalue weighted by Gasteiger charge is -2.58. The van der Waals surface area contributed by atoms with Crippen molar-refractivity contribution in [2.45, 2.75) is 88.4 Å². The van der Waals surface area contributed by atoms with Crippen LogP contribution in [0.4, 0.5) is 5.82 Å². The second-order valence-corrected chi connectivity index (χ2v) is 13.5. The smallest absolute Gasteiger partial charge is 0.244 e. The summed E-state index contributed by atoms with van der Waals surface area (Å²) in [6.07, 6.45) is 5.13. The fourth-order valence-electron chi connectivity index (χ4n) is 6.28. The van der Waals surface area contributed by atoms with Crippen LogP contribution in [0, 0.1) is 18.3 Å². The number of hydrogen-bond acceptors (Lipinski definition) is 6. The highest BCUT2D eigenvalue weighted by Gasteiger charge is 2.53. The van der Waals surface area contributed by atoms with Gasteiger partial charge < -0.3 is 15.4 Å². The van der Waals surface area contributed by atoms with Crippen molar-refractivity contribution in [1.82, 2.24) is 15.0 Å². The van der Waals surface area contributed by atoms with Crippen LogP contribution in [-0.4, -0.2) is 43.5 Å². The van der Waals surface area contributed by atoms with Crippen LogP contribution in [0.25, 0.3) is 0 Å². The molecule has 1 unspecified atom stereocenters. The van der Waals surface area contributed by atoms with E-state index in [1.807, 2.05) is 39.0 Å². The molecule has 1 aromatic carbocycles. The summed E-state index contributed by atoms with van der Waals surface area (Å²) in [6.45, 7) is 7.00. The molecule has 2 aliphatic carbocycles. The predicted octanol–water partition coefficient (Wildman–Crippen LogP) is 3.91. The zero-order valence-electron chi connectivity index (χ0n) is 21.9. The van der Waals surface area contributed by atoms with Crippen LogP contribution in [0.5, 0.6) is 0 Å². The van der Waals surface area contributed by atoms with Gasteiger partial charge in [-0.1, -0.05) is 30.3 Å². The summed E-state index contributed by atoms with van der Waals surface area (Å²) in [7, 11) is -3.83. The van der Waals surface area contributed by atoms with Crippen molar-refractivity contribution in [1.29, 1.82) is 0 Å². The molecule has 8 nitrogen and oxygen atoms in total. The maximum absolute atomic E-state index is 13.4. The molecule has 1 amide bonds. The summed E-state index contributed by atoms with van der Waals surface area (Å²) < 4.78 is 35.6. The van der Waals surface area contributed by atoms with E-state index in [9.17, 15) is 13.2 Å². The van der Waals surface area contributed by atoms with Crippen molar-refractivity contribution in [2.24, 2.45) is 11.3 Å². The number of sulfonamides is 1. The summed E-state index contributed by atoms with van der Waals surface area (Å²) in [5.41, 5.74) is 1.65. The second-order valence-electron chi connectivity index (χ2n) is 11.8. The van der Waals surface area contributed by atoms with Gasteiger partial charge in [0.05, 0.1) is 12.1 Å². The van der Waals surface area contributed by atoms with E-state index in [0.717, 1.165) is 38.0 Å². The van der Waals surface area contributed by atoms with Gasteiger partial charge in [-0.05, 0) is 81.9 Å². The number of aromatic nitrogens is 1. The molecular weight excluding hydrogens is 488 g/mol. The van der Waals surface area contributed by atoms with Gasteiger partial charge in [-0.15, -0.1) is 0 Å². The predicted molar refractivity (Wildman–Crippen MR) is 142 cm³/mol. The van der Waals surface area contributed by atoms with Crippen LogP contribution < -0.4 is 15.4 Å². The van der Waals surface area contributed by atoms with Crippen molar-refractivity contribution >= 4 is 21.7 Å². The van der Waals surface area contributed by atoms with E-state index in [4.69, 9.17) is 4.74 Å². The molecule has 3 fully saturated rings. The first-order chi connectivity index (χ1) is 17.5. The molecule has 37 heavy (non-hydrogen) atoms. The summed E-state index contributed by atoms with van der Waals surface area (Å²) in [4.78, 5) is 16.5. The zero-order valence-corrected chi connectivity index (χ0v) is 22.7. The van der Waals surface area contributed by atoms with Crippen LogP contribution >= 0.6 is 0 Å². The molecule has 2 heterocycles. The molecule has 1 aromatic heterocycles. The Balaban J connectivity index is 1.15. The Morgan fingerprint density at radius 1 is 1.08 bits per heavy atom. The Bertz CT molecular complexity index is 1230. The van der Waals surface area contributed by atoms with Crippen LogP contribution in [-0.2, 0) is 26.2 Å². The highest BCUT2D eigenvalue weighted by Crippen LogP contribution is 2.59. The number of rotatable bonds is 9. The first-order valence-electron chi connectivity index (χ1n) is 13.2. The van der Waals surface area contributed by atoms with E-state index >= 15 is 0 Å². The quantitative estimate of drug-likeness (QED) is 0.457. The summed E-state index contributed by atoms with van der Waals surface area (Å²) in [6, 6.07) is 13.4. The van der Waals surface area contributed by atoms with Gasteiger partial charge >= 0.3 is 0 Å². The lowest BCUT2D eigenvalue weighted by atomic mass is 9.50. The third-order valence-electron chi connectivity index (χ3n) is 8.19. The number of nitrogens with zero attached hydrogens (tertiary/aromatic N) is 1. The SMILES string of the molecule is Cc1ccc(S(=O)(=O)NC2CCC(=O)NC2(C)C)c(NC2CC3(CC(COCc4ccccc4)C3)C2)n1. The number of carbonyl (C=O) groups is 1. The summed E-state index contributed by atoms with van der Waals surface area (Å²) >= 11 is 0. The minimum Gasteiger partial charge on any atom is -0.376 e. The molecule has 200 valence electrons. The van der Waals surface area contributed by atoms with E-state index < -0.39 is 21.6 Å². The van der Waals surface area contributed by atoms with E-state index in [0.29, 0.717) is 36.6 Å². The van der Waals surface area contributed by atoms with Gasteiger partial charge in [0.25, 0.3) is 0 Å². The largest absolute Gasteiger partial charge is 0.376 e. The van der Waals surface area contributed by atoms with Crippen LogP contribution in [0.3, 0.4) is 0 Å². The molecule has 1 spiro atoms. The maximum atomic E-state index is 13.4. The highest BCUT2D eigenvalue weighted by atomic mass is 32.2. The number of pyridine rings is 1. The number of piperidine rings is 1. The monoisotopic (exact) mass is 526 g/mol. The van der Waals surface area contributed by atoms with Gasteiger partial charge in [-0.2, -0.15) is 0 Å². The van der Waals surface area contributed by atoms with Gasteiger partial charge in [-0.25, -0.2) is 18.1 Å². The van der Waals surface area contributed by atoms with E-state index in [1.54, 1.807) is 12.1 Å². The number of ether oxygens (including phenoxy) is 1. The zero-order chi connectivity index (χ0) is 26.3. The molecule has 2 aromatic rings. The fourth-order valence-corrected chi connectivity index (χ4v) is 7.80. The molecule has 5 rings (SSSR count). The number of carbonyl (C=O) groups excluding carboxylic acids is 1. The number of aryl methyl sites for hydroxylation is 1. The third-order valence-corrected chi connectivity index (χ3v) is 9.69. The van der Waals surface area contributed by atoms with Crippen molar-refractivity contribution in [3.8, 4) is 0 Å². The third kappa shape index (κ3) is 5.84. The van der Waals surface area contributed by atoms with Crippen molar-refractivity contribution in [3.63, 3.8) is 0 Å². The molecular formula is C28H38N4O4S. The van der Waals surface area contributed by atoms with Crippen LogP contribution in [0.2, 0.25) is 0 Å². The Kier molecular flexibility index (Phi) is 7.06. The van der Waals surface area contributed by atoms with Gasteiger partial charge in [-0.3, -0.25) is 4.79 Å². The lowest BCUT2D eigenvalue weighted by Crippen LogP contribution is -2.62. The molecule has 0 radical (unpaired) electrons. The number of anilines is 1. The average Bonchev–Trinajstić information content (AvgIpc) is 2.78. The molecule has 2 saturated carbocycles. The number of benzene rings is 1. The second kappa shape index (κ2) is 10.0. The van der Waals surface area contributed by atoms with E-state index in [2.05, 4.69) is 32.5 Å². The Morgan fingerprint density at radius 3 is 2.51 bits per heavy atom. The van der Waals surface area contributed by atoms with Gasteiger partial charge in [0.1, 0.15) is 10.7 Å². The Hall–Kier alpha value is -2.49. The van der Waals surface area contributed by atoms with E-state index in [1.165, 1.54) is 5.56 Å². The molecule has 9 heteroatoms. The minimum absolute atomic E-state index is 0.0558. The Morgan fingerprint density at radius 2 is 1.81 bits per heavy atom. The molecule has 0 bridgehead atoms. The maximum Gasteiger partial charge on any atom is 0.244 e. The summed E-state index contributed by atoms with van der Waals surface area (Å²) in [5.74, 6) is 0.952. The number of hydrogen-bond donors (Lipinski definition) is 3. The van der Waals surface area contributed by atoms with Crippen molar-refractivity contribution in [3.05, 3.63) is 53.7 Å². The lowest BCUT2D eigenvalue weighted by molar-refractivity contribution is -0.125. The first-order valence-corrected chi connectivity index (χ1v) is 14.7. The van der Waals surface area contributed by atoms with Gasteiger partial charge in [0, 0.05) is 30.8 Å².